The van der Waals surface area contributed by atoms with Gasteiger partial charge in [0.25, 0.3) is 11.8 Å². The molecule has 0 heterocycles. The van der Waals surface area contributed by atoms with Crippen molar-refractivity contribution in [1.82, 2.24) is 0 Å². The highest BCUT2D eigenvalue weighted by molar-refractivity contribution is 9.10. The molecule has 4 aromatic rings. The molecular weight excluding hydrogens is 438 g/mol. The average Bonchev–Trinajstić information content (AvgIpc) is 2.81. The van der Waals surface area contributed by atoms with Crippen LogP contribution in [-0.4, -0.2) is 11.8 Å². The molecule has 0 spiro atoms. The molecule has 4 heteroatoms. The van der Waals surface area contributed by atoms with E-state index in [1.807, 2.05) is 54.6 Å². The predicted molar refractivity (Wildman–Crippen MR) is 124 cm³/mol. The maximum absolute atomic E-state index is 13.5. The second-order valence-corrected chi connectivity index (χ2v) is 7.62. The Morgan fingerprint density at radius 2 is 1.03 bits per heavy atom. The molecule has 0 bridgehead atoms. The lowest BCUT2D eigenvalue weighted by molar-refractivity contribution is 0.0897. The van der Waals surface area contributed by atoms with Crippen LogP contribution in [0.4, 0.5) is 5.69 Å². The van der Waals surface area contributed by atoms with Gasteiger partial charge in [-0.25, -0.2) is 4.90 Å². The van der Waals surface area contributed by atoms with Gasteiger partial charge in [-0.1, -0.05) is 82.7 Å². The average molecular weight is 456 g/mol. The Bertz CT molecular complexity index is 1120. The van der Waals surface area contributed by atoms with Crippen molar-refractivity contribution in [2.75, 3.05) is 4.90 Å². The summed E-state index contributed by atoms with van der Waals surface area (Å²) in [4.78, 5) is 28.3. The van der Waals surface area contributed by atoms with Crippen LogP contribution in [0.1, 0.15) is 20.7 Å². The summed E-state index contributed by atoms with van der Waals surface area (Å²) in [5, 5.41) is 0. The molecule has 0 N–H and O–H groups in total. The summed E-state index contributed by atoms with van der Waals surface area (Å²) in [6.07, 6.45) is 0. The van der Waals surface area contributed by atoms with Crippen LogP contribution in [0.15, 0.2) is 114 Å². The molecule has 0 aromatic heterocycles. The highest BCUT2D eigenvalue weighted by Gasteiger charge is 2.28. The summed E-state index contributed by atoms with van der Waals surface area (Å²) in [5.41, 5.74) is 3.17. The van der Waals surface area contributed by atoms with Crippen molar-refractivity contribution >= 4 is 33.4 Å². The molecule has 0 fully saturated rings. The predicted octanol–water partition coefficient (Wildman–Crippen LogP) is 6.60. The molecule has 0 saturated heterocycles. The van der Waals surface area contributed by atoms with Crippen molar-refractivity contribution in [1.29, 1.82) is 0 Å². The van der Waals surface area contributed by atoms with E-state index in [0.29, 0.717) is 16.8 Å². The van der Waals surface area contributed by atoms with Gasteiger partial charge in [-0.05, 0) is 48.0 Å². The number of hydrogen-bond donors (Lipinski definition) is 0. The number of imide groups is 1. The fourth-order valence-corrected chi connectivity index (χ4v) is 3.54. The highest BCUT2D eigenvalue weighted by Crippen LogP contribution is 2.33. The van der Waals surface area contributed by atoms with Crippen molar-refractivity contribution in [3.8, 4) is 11.1 Å². The van der Waals surface area contributed by atoms with Crippen molar-refractivity contribution in [3.05, 3.63) is 125 Å². The van der Waals surface area contributed by atoms with Gasteiger partial charge in [-0.2, -0.15) is 0 Å². The molecule has 4 aromatic carbocycles. The van der Waals surface area contributed by atoms with E-state index in [4.69, 9.17) is 0 Å². The van der Waals surface area contributed by atoms with Gasteiger partial charge in [0.05, 0.1) is 5.69 Å². The topological polar surface area (TPSA) is 37.4 Å². The molecular formula is C26H18BrNO2. The van der Waals surface area contributed by atoms with E-state index >= 15 is 0 Å². The zero-order valence-electron chi connectivity index (χ0n) is 16.0. The van der Waals surface area contributed by atoms with E-state index in [9.17, 15) is 9.59 Å². The van der Waals surface area contributed by atoms with Gasteiger partial charge in [-0.3, -0.25) is 9.59 Å². The van der Waals surface area contributed by atoms with E-state index in [0.717, 1.165) is 15.6 Å². The van der Waals surface area contributed by atoms with Gasteiger partial charge >= 0.3 is 0 Å². The summed E-state index contributed by atoms with van der Waals surface area (Å²) in [5.74, 6) is -0.733. The third kappa shape index (κ3) is 4.09. The summed E-state index contributed by atoms with van der Waals surface area (Å²) >= 11 is 3.45. The first kappa shape index (κ1) is 19.8. The second-order valence-electron chi connectivity index (χ2n) is 6.70. The number of para-hydroxylation sites is 1. The number of anilines is 1. The standard InChI is InChI=1S/C26H18BrNO2/c27-22-17-15-19(16-18-22)23-13-7-8-14-24(23)28(25(29)20-9-3-1-4-10-20)26(30)21-11-5-2-6-12-21/h1-18H. The Kier molecular flexibility index (Phi) is 5.87. The zero-order chi connectivity index (χ0) is 20.9. The molecule has 0 aliphatic heterocycles. The Morgan fingerprint density at radius 3 is 1.57 bits per heavy atom. The van der Waals surface area contributed by atoms with Crippen LogP contribution >= 0.6 is 15.9 Å². The molecule has 4 rings (SSSR count). The van der Waals surface area contributed by atoms with E-state index in [-0.39, 0.29) is 11.8 Å². The number of rotatable bonds is 4. The fourth-order valence-electron chi connectivity index (χ4n) is 3.27. The van der Waals surface area contributed by atoms with E-state index in [1.54, 1.807) is 54.6 Å². The Morgan fingerprint density at radius 1 is 0.567 bits per heavy atom. The largest absolute Gasteiger partial charge is 0.268 e. The van der Waals surface area contributed by atoms with Crippen molar-refractivity contribution in [3.63, 3.8) is 0 Å². The zero-order valence-corrected chi connectivity index (χ0v) is 17.6. The van der Waals surface area contributed by atoms with Crippen molar-refractivity contribution in [2.24, 2.45) is 0 Å². The van der Waals surface area contributed by atoms with Crippen molar-refractivity contribution < 1.29 is 9.59 Å². The third-order valence-electron chi connectivity index (χ3n) is 4.75. The van der Waals surface area contributed by atoms with Gasteiger partial charge in [0.15, 0.2) is 0 Å². The number of nitrogens with zero attached hydrogens (tertiary/aromatic N) is 1. The Balaban J connectivity index is 1.88. The molecule has 0 saturated carbocycles. The number of hydrogen-bond acceptors (Lipinski definition) is 2. The summed E-state index contributed by atoms with van der Waals surface area (Å²) < 4.78 is 0.960. The van der Waals surface area contributed by atoms with Crippen LogP contribution in [0.2, 0.25) is 0 Å². The maximum atomic E-state index is 13.5. The minimum Gasteiger partial charge on any atom is -0.268 e. The summed E-state index contributed by atoms with van der Waals surface area (Å²) in [7, 11) is 0. The van der Waals surface area contributed by atoms with Crippen LogP contribution in [-0.2, 0) is 0 Å². The highest BCUT2D eigenvalue weighted by atomic mass is 79.9. The molecule has 3 nitrogen and oxygen atoms in total. The first-order valence-corrected chi connectivity index (χ1v) is 10.3. The molecule has 0 aliphatic carbocycles. The lowest BCUT2D eigenvalue weighted by atomic mass is 10.0. The van der Waals surface area contributed by atoms with Gasteiger partial charge in [-0.15, -0.1) is 0 Å². The van der Waals surface area contributed by atoms with Crippen LogP contribution in [0, 0.1) is 0 Å². The van der Waals surface area contributed by atoms with E-state index in [2.05, 4.69) is 15.9 Å². The van der Waals surface area contributed by atoms with Crippen LogP contribution in [0.5, 0.6) is 0 Å². The lowest BCUT2D eigenvalue weighted by Gasteiger charge is -2.24. The molecule has 0 aliphatic rings. The monoisotopic (exact) mass is 455 g/mol. The minimum absolute atomic E-state index is 0.367. The van der Waals surface area contributed by atoms with Crippen LogP contribution < -0.4 is 4.90 Å². The van der Waals surface area contributed by atoms with Crippen LogP contribution in [0.25, 0.3) is 11.1 Å². The van der Waals surface area contributed by atoms with Gasteiger partial charge in [0.1, 0.15) is 0 Å². The summed E-state index contributed by atoms with van der Waals surface area (Å²) in [6, 6.07) is 33.0. The maximum Gasteiger partial charge on any atom is 0.265 e. The number of amides is 2. The molecule has 146 valence electrons. The third-order valence-corrected chi connectivity index (χ3v) is 5.28. The Labute approximate surface area is 183 Å². The van der Waals surface area contributed by atoms with E-state index in [1.165, 1.54) is 4.90 Å². The van der Waals surface area contributed by atoms with Crippen LogP contribution in [0.3, 0.4) is 0 Å². The van der Waals surface area contributed by atoms with Gasteiger partial charge in [0, 0.05) is 21.2 Å². The number of halogens is 1. The van der Waals surface area contributed by atoms with E-state index < -0.39 is 0 Å². The fraction of sp³-hybridized carbons (Fsp3) is 0. The first-order valence-electron chi connectivity index (χ1n) is 9.49. The molecule has 2 amide bonds. The summed E-state index contributed by atoms with van der Waals surface area (Å²) in [6.45, 7) is 0. The number of benzene rings is 4. The quantitative estimate of drug-likeness (QED) is 0.325. The second kappa shape index (κ2) is 8.89. The molecule has 0 unspecified atom stereocenters. The smallest absolute Gasteiger partial charge is 0.265 e. The molecule has 0 atom stereocenters. The SMILES string of the molecule is O=C(c1ccccc1)N(C(=O)c1ccccc1)c1ccccc1-c1ccc(Br)cc1. The number of carbonyl (C=O) groups is 2. The normalized spacial score (nSPS) is 10.4. The molecule has 30 heavy (non-hydrogen) atoms. The van der Waals surface area contributed by atoms with Gasteiger partial charge in [0.2, 0.25) is 0 Å². The Hall–Kier alpha value is -3.50. The minimum atomic E-state index is -0.367. The van der Waals surface area contributed by atoms with Gasteiger partial charge < -0.3 is 0 Å². The lowest BCUT2D eigenvalue weighted by Crippen LogP contribution is -2.37. The molecule has 0 radical (unpaired) electrons. The van der Waals surface area contributed by atoms with Crippen molar-refractivity contribution in [2.45, 2.75) is 0 Å². The first-order chi connectivity index (χ1) is 14.6. The number of carbonyl (C=O) groups excluding carboxylic acids is 2.